The van der Waals surface area contributed by atoms with E-state index in [9.17, 15) is 14.9 Å². The number of rotatable bonds is 10. The minimum atomic E-state index is -0.822. The van der Waals surface area contributed by atoms with Crippen molar-refractivity contribution in [1.82, 2.24) is 9.88 Å². The molecule has 0 bridgehead atoms. The number of carbonyl (C=O) groups excluding carboxylic acids is 2. The number of benzene rings is 1. The zero-order valence-corrected chi connectivity index (χ0v) is 19.4. The lowest BCUT2D eigenvalue weighted by atomic mass is 10.1. The standard InChI is InChI=1S/C25H31N3O4/c1-6-31-23-9-7-22(8-10-23)28-18(4)13-20(19(28)5)14-21(15-26)25(30)32-16-24(29)27-12-11-17(2)3/h7-10,13-14,17H,6,11-12,16H2,1-5H3,(H,27,29)/b21-14+. The maximum atomic E-state index is 12.3. The highest BCUT2D eigenvalue weighted by Crippen LogP contribution is 2.24. The fourth-order valence-electron chi connectivity index (χ4n) is 3.24. The zero-order chi connectivity index (χ0) is 23.7. The summed E-state index contributed by atoms with van der Waals surface area (Å²) in [6.07, 6.45) is 2.33. The van der Waals surface area contributed by atoms with Crippen molar-refractivity contribution in [1.29, 1.82) is 5.26 Å². The van der Waals surface area contributed by atoms with E-state index in [1.165, 1.54) is 6.08 Å². The molecular weight excluding hydrogens is 406 g/mol. The normalized spacial score (nSPS) is 11.2. The molecule has 0 aliphatic rings. The van der Waals surface area contributed by atoms with Crippen molar-refractivity contribution in [2.24, 2.45) is 5.92 Å². The lowest BCUT2D eigenvalue weighted by molar-refractivity contribution is -0.144. The van der Waals surface area contributed by atoms with E-state index in [4.69, 9.17) is 9.47 Å². The smallest absolute Gasteiger partial charge is 0.349 e. The van der Waals surface area contributed by atoms with E-state index in [1.807, 2.05) is 61.7 Å². The van der Waals surface area contributed by atoms with Crippen molar-refractivity contribution in [2.75, 3.05) is 19.8 Å². The van der Waals surface area contributed by atoms with E-state index >= 15 is 0 Å². The number of ether oxygens (including phenoxy) is 2. The predicted molar refractivity (Wildman–Crippen MR) is 123 cm³/mol. The molecule has 32 heavy (non-hydrogen) atoms. The van der Waals surface area contributed by atoms with Gasteiger partial charge >= 0.3 is 5.97 Å². The van der Waals surface area contributed by atoms with E-state index < -0.39 is 12.6 Å². The van der Waals surface area contributed by atoms with Gasteiger partial charge in [-0.1, -0.05) is 13.8 Å². The summed E-state index contributed by atoms with van der Waals surface area (Å²) in [5, 5.41) is 12.1. The van der Waals surface area contributed by atoms with E-state index in [1.54, 1.807) is 0 Å². The number of aromatic nitrogens is 1. The summed E-state index contributed by atoms with van der Waals surface area (Å²) in [6, 6.07) is 11.5. The number of amides is 1. The van der Waals surface area contributed by atoms with E-state index in [0.717, 1.165) is 34.8 Å². The first-order valence-electron chi connectivity index (χ1n) is 10.7. The minimum absolute atomic E-state index is 0.160. The van der Waals surface area contributed by atoms with Crippen LogP contribution in [0.5, 0.6) is 5.75 Å². The first kappa shape index (κ1) is 24.7. The lowest BCUT2D eigenvalue weighted by Gasteiger charge is -2.11. The van der Waals surface area contributed by atoms with Crippen LogP contribution < -0.4 is 10.1 Å². The van der Waals surface area contributed by atoms with Crippen LogP contribution in [0.15, 0.2) is 35.9 Å². The topological polar surface area (TPSA) is 93.3 Å². The van der Waals surface area contributed by atoms with Crippen molar-refractivity contribution in [3.63, 3.8) is 0 Å². The average Bonchev–Trinajstić information content (AvgIpc) is 3.03. The van der Waals surface area contributed by atoms with Gasteiger partial charge in [-0.05, 0) is 75.1 Å². The number of nitrogens with zero attached hydrogens (tertiary/aromatic N) is 2. The lowest BCUT2D eigenvalue weighted by Crippen LogP contribution is -2.30. The first-order valence-corrected chi connectivity index (χ1v) is 10.7. The SMILES string of the molecule is CCOc1ccc(-n2c(C)cc(/C=C(\C#N)C(=O)OCC(=O)NCCC(C)C)c2C)cc1. The van der Waals surface area contributed by atoms with Gasteiger partial charge < -0.3 is 19.4 Å². The molecule has 7 heteroatoms. The summed E-state index contributed by atoms with van der Waals surface area (Å²) < 4.78 is 12.5. The van der Waals surface area contributed by atoms with E-state index in [0.29, 0.717) is 19.1 Å². The molecule has 0 atom stereocenters. The zero-order valence-electron chi connectivity index (χ0n) is 19.4. The molecular formula is C25H31N3O4. The average molecular weight is 438 g/mol. The number of aryl methyl sites for hydroxylation is 1. The maximum absolute atomic E-state index is 12.3. The van der Waals surface area contributed by atoms with Gasteiger partial charge in [-0.2, -0.15) is 5.26 Å². The van der Waals surface area contributed by atoms with E-state index in [2.05, 4.69) is 19.2 Å². The summed E-state index contributed by atoms with van der Waals surface area (Å²) in [7, 11) is 0. The third kappa shape index (κ3) is 6.74. The van der Waals surface area contributed by atoms with Crippen molar-refractivity contribution in [3.8, 4) is 17.5 Å². The molecule has 0 aliphatic carbocycles. The molecule has 2 rings (SSSR count). The molecule has 2 aromatic rings. The fraction of sp³-hybridized carbons (Fsp3) is 0.400. The van der Waals surface area contributed by atoms with Gasteiger partial charge in [0.2, 0.25) is 0 Å². The van der Waals surface area contributed by atoms with Crippen LogP contribution in [-0.2, 0) is 14.3 Å². The molecule has 0 unspecified atom stereocenters. The van der Waals surface area contributed by atoms with Crippen LogP contribution in [0.1, 0.15) is 44.1 Å². The summed E-state index contributed by atoms with van der Waals surface area (Å²) in [6.45, 7) is 10.6. The molecule has 1 aromatic carbocycles. The molecule has 1 heterocycles. The number of hydrogen-bond donors (Lipinski definition) is 1. The Morgan fingerprint density at radius 1 is 1.22 bits per heavy atom. The van der Waals surface area contributed by atoms with Gasteiger partial charge in [0, 0.05) is 23.6 Å². The summed E-state index contributed by atoms with van der Waals surface area (Å²) in [4.78, 5) is 24.1. The Hall–Kier alpha value is -3.53. The van der Waals surface area contributed by atoms with Gasteiger partial charge in [0.25, 0.3) is 5.91 Å². The quantitative estimate of drug-likeness (QED) is 0.343. The van der Waals surface area contributed by atoms with Gasteiger partial charge in [0.15, 0.2) is 6.61 Å². The predicted octanol–water partition coefficient (Wildman–Crippen LogP) is 4.11. The Bertz CT molecular complexity index is 1010. The van der Waals surface area contributed by atoms with E-state index in [-0.39, 0.29) is 11.5 Å². The van der Waals surface area contributed by atoms with Gasteiger partial charge in [0.1, 0.15) is 17.4 Å². The molecule has 1 amide bonds. The number of esters is 1. The highest BCUT2D eigenvalue weighted by Gasteiger charge is 2.16. The monoisotopic (exact) mass is 437 g/mol. The largest absolute Gasteiger partial charge is 0.494 e. The van der Waals surface area contributed by atoms with Crippen LogP contribution in [0.4, 0.5) is 0 Å². The Morgan fingerprint density at radius 3 is 2.50 bits per heavy atom. The number of hydrogen-bond acceptors (Lipinski definition) is 5. The second-order valence-corrected chi connectivity index (χ2v) is 7.87. The van der Waals surface area contributed by atoms with Gasteiger partial charge in [-0.25, -0.2) is 4.79 Å². The highest BCUT2D eigenvalue weighted by atomic mass is 16.5. The Labute approximate surface area is 189 Å². The van der Waals surface area contributed by atoms with Crippen LogP contribution in [0, 0.1) is 31.1 Å². The second-order valence-electron chi connectivity index (χ2n) is 7.87. The number of carbonyl (C=O) groups is 2. The fourth-order valence-corrected chi connectivity index (χ4v) is 3.24. The minimum Gasteiger partial charge on any atom is -0.494 e. The molecule has 1 aromatic heterocycles. The Morgan fingerprint density at radius 2 is 1.91 bits per heavy atom. The van der Waals surface area contributed by atoms with Crippen LogP contribution in [0.25, 0.3) is 11.8 Å². The molecule has 0 spiro atoms. The molecule has 0 aliphatic heterocycles. The van der Waals surface area contributed by atoms with Gasteiger partial charge in [0.05, 0.1) is 6.61 Å². The Kier molecular flexibility index (Phi) is 9.08. The Balaban J connectivity index is 2.12. The number of nitrogens with one attached hydrogen (secondary N) is 1. The molecule has 0 saturated carbocycles. The van der Waals surface area contributed by atoms with Crippen molar-refractivity contribution < 1.29 is 19.1 Å². The van der Waals surface area contributed by atoms with Crippen LogP contribution in [0.2, 0.25) is 0 Å². The second kappa shape index (κ2) is 11.8. The van der Waals surface area contributed by atoms with Gasteiger partial charge in [-0.3, -0.25) is 4.79 Å². The van der Waals surface area contributed by atoms with Crippen LogP contribution in [0.3, 0.4) is 0 Å². The molecule has 0 saturated heterocycles. The maximum Gasteiger partial charge on any atom is 0.349 e. The molecule has 0 fully saturated rings. The van der Waals surface area contributed by atoms with Crippen molar-refractivity contribution in [2.45, 2.75) is 41.0 Å². The third-order valence-corrected chi connectivity index (χ3v) is 4.89. The summed E-state index contributed by atoms with van der Waals surface area (Å²) >= 11 is 0. The molecule has 170 valence electrons. The third-order valence-electron chi connectivity index (χ3n) is 4.89. The van der Waals surface area contributed by atoms with Crippen molar-refractivity contribution >= 4 is 18.0 Å². The highest BCUT2D eigenvalue weighted by molar-refractivity contribution is 5.99. The number of nitriles is 1. The first-order chi connectivity index (χ1) is 15.3. The van der Waals surface area contributed by atoms with Crippen molar-refractivity contribution in [3.05, 3.63) is 52.9 Å². The summed E-state index contributed by atoms with van der Waals surface area (Å²) in [5.41, 5.74) is 3.34. The summed E-state index contributed by atoms with van der Waals surface area (Å²) in [5.74, 6) is 0.0523. The molecule has 0 radical (unpaired) electrons. The van der Waals surface area contributed by atoms with Crippen LogP contribution in [-0.4, -0.2) is 36.2 Å². The molecule has 1 N–H and O–H groups in total. The molecule has 7 nitrogen and oxygen atoms in total. The van der Waals surface area contributed by atoms with Gasteiger partial charge in [-0.15, -0.1) is 0 Å². The van der Waals surface area contributed by atoms with Crippen LogP contribution >= 0.6 is 0 Å².